The minimum Gasteiger partial charge on any atom is -0.372 e. The van der Waals surface area contributed by atoms with Crippen LogP contribution < -0.4 is 4.90 Å². The van der Waals surface area contributed by atoms with Gasteiger partial charge in [0.25, 0.3) is 0 Å². The molecule has 0 N–H and O–H groups in total. The van der Waals surface area contributed by atoms with Crippen molar-refractivity contribution in [1.29, 1.82) is 0 Å². The monoisotopic (exact) mass is 317 g/mol. The summed E-state index contributed by atoms with van der Waals surface area (Å²) in [6.45, 7) is 0. The van der Waals surface area contributed by atoms with Gasteiger partial charge in [-0.2, -0.15) is 0 Å². The average molecular weight is 319 g/mol. The van der Waals surface area contributed by atoms with Gasteiger partial charge in [-0.3, -0.25) is 0 Å². The second-order valence-electron chi connectivity index (χ2n) is 3.75. The van der Waals surface area contributed by atoms with Crippen LogP contribution in [0.2, 0.25) is 0 Å². The van der Waals surface area contributed by atoms with Gasteiger partial charge in [-0.25, -0.2) is 0 Å². The van der Waals surface area contributed by atoms with Gasteiger partial charge in [0, 0.05) is 28.6 Å². The predicted octanol–water partition coefficient (Wildman–Crippen LogP) is 3.94. The molecule has 2 rings (SSSR count). The molecule has 0 unspecified atom stereocenters. The zero-order valence-corrected chi connectivity index (χ0v) is 11.3. The molecule has 1 aromatic rings. The van der Waals surface area contributed by atoms with Gasteiger partial charge >= 0.3 is 0 Å². The lowest BCUT2D eigenvalue weighted by Crippen LogP contribution is -2.19. The Bertz CT molecular complexity index is 334. The van der Waals surface area contributed by atoms with Crippen LogP contribution in [0.3, 0.4) is 0 Å². The van der Waals surface area contributed by atoms with E-state index in [0.717, 1.165) is 11.4 Å². The fourth-order valence-corrected chi connectivity index (χ4v) is 2.91. The Hall–Kier alpha value is -0.0200. The van der Waals surface area contributed by atoms with E-state index in [-0.39, 0.29) is 0 Å². The molecular formula is C11H13Br2N. The highest BCUT2D eigenvalue weighted by Gasteiger charge is 2.26. The highest BCUT2D eigenvalue weighted by molar-refractivity contribution is 9.10. The van der Waals surface area contributed by atoms with Crippen molar-refractivity contribution < 1.29 is 0 Å². The van der Waals surface area contributed by atoms with E-state index in [2.05, 4.69) is 62.0 Å². The lowest BCUT2D eigenvalue weighted by atomic mass is 10.2. The topological polar surface area (TPSA) is 3.24 Å². The molecule has 0 saturated heterocycles. The Morgan fingerprint density at radius 3 is 2.64 bits per heavy atom. The van der Waals surface area contributed by atoms with Crippen LogP contribution in [0.1, 0.15) is 18.4 Å². The second-order valence-corrected chi connectivity index (χ2v) is 5.17. The van der Waals surface area contributed by atoms with Gasteiger partial charge in [-0.15, -0.1) is 0 Å². The molecule has 0 amide bonds. The van der Waals surface area contributed by atoms with Gasteiger partial charge in [0.1, 0.15) is 0 Å². The molecule has 14 heavy (non-hydrogen) atoms. The SMILES string of the molecule is CN(c1ccc(CBr)c(Br)c1)C1CC1. The van der Waals surface area contributed by atoms with E-state index in [9.17, 15) is 0 Å². The molecule has 76 valence electrons. The highest BCUT2D eigenvalue weighted by Crippen LogP contribution is 2.32. The smallest absolute Gasteiger partial charge is 0.0377 e. The fourth-order valence-electron chi connectivity index (χ4n) is 1.54. The molecule has 0 atom stereocenters. The Balaban J connectivity index is 2.22. The molecule has 1 aliphatic carbocycles. The van der Waals surface area contributed by atoms with Crippen molar-refractivity contribution in [2.24, 2.45) is 0 Å². The van der Waals surface area contributed by atoms with E-state index in [0.29, 0.717) is 0 Å². The summed E-state index contributed by atoms with van der Waals surface area (Å²) < 4.78 is 1.19. The van der Waals surface area contributed by atoms with Crippen molar-refractivity contribution in [3.63, 3.8) is 0 Å². The Kier molecular flexibility index (Phi) is 3.17. The van der Waals surface area contributed by atoms with E-state index < -0.39 is 0 Å². The maximum atomic E-state index is 3.59. The third-order valence-corrected chi connectivity index (χ3v) is 4.02. The standard InChI is InChI=1S/C11H13Br2N/c1-14(9-4-5-9)10-3-2-8(7-12)11(13)6-10/h2-3,6,9H,4-5,7H2,1H3. The predicted molar refractivity (Wildman–Crippen MR) is 68.2 cm³/mol. The van der Waals surface area contributed by atoms with Gasteiger partial charge < -0.3 is 4.90 Å². The highest BCUT2D eigenvalue weighted by atomic mass is 79.9. The summed E-state index contributed by atoms with van der Waals surface area (Å²) in [6.07, 6.45) is 2.68. The molecule has 0 radical (unpaired) electrons. The van der Waals surface area contributed by atoms with Crippen LogP contribution in [0.15, 0.2) is 22.7 Å². The number of benzene rings is 1. The molecule has 1 nitrogen and oxygen atoms in total. The second kappa shape index (κ2) is 4.23. The quantitative estimate of drug-likeness (QED) is 0.763. The van der Waals surface area contributed by atoms with Crippen LogP contribution in [-0.2, 0) is 5.33 Å². The zero-order valence-electron chi connectivity index (χ0n) is 8.13. The third kappa shape index (κ3) is 2.14. The Morgan fingerprint density at radius 2 is 2.14 bits per heavy atom. The molecule has 3 heteroatoms. The van der Waals surface area contributed by atoms with E-state index in [1.807, 2.05) is 0 Å². The number of hydrogen-bond donors (Lipinski definition) is 0. The number of alkyl halides is 1. The van der Waals surface area contributed by atoms with E-state index in [1.54, 1.807) is 0 Å². The lowest BCUT2D eigenvalue weighted by molar-refractivity contribution is 0.916. The minimum absolute atomic E-state index is 0.775. The molecule has 0 bridgehead atoms. The van der Waals surface area contributed by atoms with Gasteiger partial charge in [-0.05, 0) is 30.5 Å². The van der Waals surface area contributed by atoms with Gasteiger partial charge in [0.15, 0.2) is 0 Å². The third-order valence-electron chi connectivity index (χ3n) is 2.68. The van der Waals surface area contributed by atoms with Crippen LogP contribution in [0, 0.1) is 0 Å². The van der Waals surface area contributed by atoms with Crippen molar-refractivity contribution in [3.8, 4) is 0 Å². The average Bonchev–Trinajstić information content (AvgIpc) is 3.00. The first-order valence-corrected chi connectivity index (χ1v) is 6.71. The van der Waals surface area contributed by atoms with Crippen LogP contribution in [0.4, 0.5) is 5.69 Å². The normalized spacial score (nSPS) is 15.6. The maximum absolute atomic E-state index is 3.59. The Labute approximate surface area is 102 Å². The molecular weight excluding hydrogens is 306 g/mol. The summed E-state index contributed by atoms with van der Waals surface area (Å²) in [7, 11) is 2.17. The molecule has 1 aromatic carbocycles. The molecule has 1 fully saturated rings. The number of halogens is 2. The van der Waals surface area contributed by atoms with E-state index >= 15 is 0 Å². The minimum atomic E-state index is 0.775. The largest absolute Gasteiger partial charge is 0.372 e. The van der Waals surface area contributed by atoms with Crippen LogP contribution >= 0.6 is 31.9 Å². The molecule has 0 aromatic heterocycles. The van der Waals surface area contributed by atoms with E-state index in [1.165, 1.54) is 28.6 Å². The van der Waals surface area contributed by atoms with Crippen LogP contribution in [-0.4, -0.2) is 13.1 Å². The van der Waals surface area contributed by atoms with Gasteiger partial charge in [0.2, 0.25) is 0 Å². The van der Waals surface area contributed by atoms with Gasteiger partial charge in [-0.1, -0.05) is 37.9 Å². The number of nitrogens with zero attached hydrogens (tertiary/aromatic N) is 1. The lowest BCUT2D eigenvalue weighted by Gasteiger charge is -2.19. The number of anilines is 1. The Morgan fingerprint density at radius 1 is 1.43 bits per heavy atom. The van der Waals surface area contributed by atoms with E-state index in [4.69, 9.17) is 0 Å². The molecule has 0 heterocycles. The summed E-state index contributed by atoms with van der Waals surface area (Å²) in [5.74, 6) is 0. The first-order chi connectivity index (χ1) is 6.72. The first kappa shape index (κ1) is 10.5. The zero-order chi connectivity index (χ0) is 10.1. The van der Waals surface area contributed by atoms with Crippen LogP contribution in [0.25, 0.3) is 0 Å². The van der Waals surface area contributed by atoms with Crippen molar-refractivity contribution in [2.45, 2.75) is 24.2 Å². The maximum Gasteiger partial charge on any atom is 0.0377 e. The van der Waals surface area contributed by atoms with Crippen molar-refractivity contribution in [2.75, 3.05) is 11.9 Å². The molecule has 0 aliphatic heterocycles. The first-order valence-electron chi connectivity index (χ1n) is 4.79. The van der Waals surface area contributed by atoms with Crippen molar-refractivity contribution in [1.82, 2.24) is 0 Å². The molecule has 1 saturated carbocycles. The molecule has 0 spiro atoms. The number of hydrogen-bond acceptors (Lipinski definition) is 1. The summed E-state index contributed by atoms with van der Waals surface area (Å²) in [6, 6.07) is 7.35. The molecule has 1 aliphatic rings. The summed E-state index contributed by atoms with van der Waals surface area (Å²) >= 11 is 7.06. The fraction of sp³-hybridized carbons (Fsp3) is 0.455. The van der Waals surface area contributed by atoms with Gasteiger partial charge in [0.05, 0.1) is 0 Å². The van der Waals surface area contributed by atoms with Crippen molar-refractivity contribution >= 4 is 37.5 Å². The summed E-state index contributed by atoms with van der Waals surface area (Å²) in [5, 5.41) is 0.904. The van der Waals surface area contributed by atoms with Crippen LogP contribution in [0.5, 0.6) is 0 Å². The summed E-state index contributed by atoms with van der Waals surface area (Å²) in [4.78, 5) is 2.36. The summed E-state index contributed by atoms with van der Waals surface area (Å²) in [5.41, 5.74) is 2.61. The van der Waals surface area contributed by atoms with Crippen molar-refractivity contribution in [3.05, 3.63) is 28.2 Å². The number of rotatable bonds is 3.